The number of benzene rings is 1. The van der Waals surface area contributed by atoms with Gasteiger partial charge in [0.2, 0.25) is 0 Å². The molecule has 178 valence electrons. The Morgan fingerprint density at radius 2 is 2.18 bits per heavy atom. The SMILES string of the molecule is COc1ccc2nccc([C@H](F)CC[C@@H]3CCN(CCCSc4ncco4)C[C@@H]3CO)c2c1. The van der Waals surface area contributed by atoms with Gasteiger partial charge in [-0.15, -0.1) is 0 Å². The summed E-state index contributed by atoms with van der Waals surface area (Å²) in [7, 11) is 1.61. The van der Waals surface area contributed by atoms with E-state index in [1.165, 1.54) is 0 Å². The molecule has 0 aliphatic carbocycles. The first kappa shape index (κ1) is 24.0. The smallest absolute Gasteiger partial charge is 0.255 e. The normalized spacial score (nSPS) is 20.2. The van der Waals surface area contributed by atoms with Crippen molar-refractivity contribution in [1.29, 1.82) is 0 Å². The summed E-state index contributed by atoms with van der Waals surface area (Å²) in [5.74, 6) is 2.20. The Labute approximate surface area is 198 Å². The van der Waals surface area contributed by atoms with Gasteiger partial charge in [0.1, 0.15) is 18.2 Å². The number of hydrogen-bond acceptors (Lipinski definition) is 7. The van der Waals surface area contributed by atoms with Gasteiger partial charge in [-0.2, -0.15) is 0 Å². The number of aromatic nitrogens is 2. The molecule has 6 nitrogen and oxygen atoms in total. The molecule has 1 aromatic carbocycles. The second-order valence-electron chi connectivity index (χ2n) is 8.62. The summed E-state index contributed by atoms with van der Waals surface area (Å²) in [6.07, 6.45) is 7.12. The topological polar surface area (TPSA) is 71.6 Å². The quantitative estimate of drug-likeness (QED) is 0.306. The van der Waals surface area contributed by atoms with Gasteiger partial charge in [0, 0.05) is 30.5 Å². The first-order valence-electron chi connectivity index (χ1n) is 11.6. The van der Waals surface area contributed by atoms with Crippen LogP contribution in [0.4, 0.5) is 4.39 Å². The maximum absolute atomic E-state index is 15.3. The van der Waals surface area contributed by atoms with Gasteiger partial charge < -0.3 is 19.2 Å². The van der Waals surface area contributed by atoms with Crippen LogP contribution < -0.4 is 4.74 Å². The van der Waals surface area contributed by atoms with Crippen LogP contribution in [-0.2, 0) is 0 Å². The molecule has 0 bridgehead atoms. The molecule has 0 radical (unpaired) electrons. The Morgan fingerprint density at radius 3 is 2.97 bits per heavy atom. The molecular formula is C25H32FN3O3S. The Bertz CT molecular complexity index is 1000. The Morgan fingerprint density at radius 1 is 1.27 bits per heavy atom. The molecule has 0 spiro atoms. The number of fused-ring (bicyclic) bond motifs is 1. The summed E-state index contributed by atoms with van der Waals surface area (Å²) >= 11 is 1.63. The number of likely N-dealkylation sites (tertiary alicyclic amines) is 1. The van der Waals surface area contributed by atoms with Gasteiger partial charge in [-0.05, 0) is 80.4 Å². The highest BCUT2D eigenvalue weighted by Crippen LogP contribution is 2.35. The number of thioether (sulfide) groups is 1. The fourth-order valence-corrected chi connectivity index (χ4v) is 5.44. The molecule has 3 heterocycles. The summed E-state index contributed by atoms with van der Waals surface area (Å²) in [5.41, 5.74) is 1.44. The molecule has 1 saturated heterocycles. The molecule has 33 heavy (non-hydrogen) atoms. The summed E-state index contributed by atoms with van der Waals surface area (Å²) in [5, 5.41) is 11.5. The van der Waals surface area contributed by atoms with E-state index in [1.807, 2.05) is 18.2 Å². The van der Waals surface area contributed by atoms with Crippen LogP contribution in [0.5, 0.6) is 5.75 Å². The van der Waals surface area contributed by atoms with Crippen molar-refractivity contribution in [1.82, 2.24) is 14.9 Å². The van der Waals surface area contributed by atoms with Crippen molar-refractivity contribution in [2.24, 2.45) is 11.8 Å². The molecule has 3 atom stereocenters. The number of nitrogens with zero attached hydrogens (tertiary/aromatic N) is 3. The van der Waals surface area contributed by atoms with E-state index in [9.17, 15) is 5.11 Å². The van der Waals surface area contributed by atoms with Gasteiger partial charge in [0.05, 0.1) is 18.8 Å². The van der Waals surface area contributed by atoms with Gasteiger partial charge >= 0.3 is 0 Å². The zero-order valence-electron chi connectivity index (χ0n) is 19.0. The van der Waals surface area contributed by atoms with Crippen LogP contribution in [0.2, 0.25) is 0 Å². The molecule has 1 fully saturated rings. The molecule has 4 rings (SSSR count). The standard InChI is InChI=1S/C25H32FN3O3S/c1-31-20-4-6-24-22(15-20)21(7-9-27-24)23(26)5-3-18-8-12-29(16-19(18)17-30)11-2-14-33-25-28-10-13-32-25/h4,6-7,9-10,13,15,18-19,23,30H,2-3,5,8,11-12,14,16-17H2,1H3/t18-,19-,23-/m1/s1. The lowest BCUT2D eigenvalue weighted by Gasteiger charge is -2.38. The van der Waals surface area contributed by atoms with Crippen LogP contribution in [0.15, 0.2) is 52.6 Å². The molecule has 0 unspecified atom stereocenters. The molecule has 8 heteroatoms. The van der Waals surface area contributed by atoms with Crippen molar-refractivity contribution in [3.8, 4) is 5.75 Å². The number of rotatable bonds is 11. The number of hydrogen-bond donors (Lipinski definition) is 1. The largest absolute Gasteiger partial charge is 0.497 e. The van der Waals surface area contributed by atoms with E-state index in [1.54, 1.807) is 43.6 Å². The third kappa shape index (κ3) is 6.25. The van der Waals surface area contributed by atoms with Crippen molar-refractivity contribution in [2.45, 2.75) is 37.1 Å². The number of methoxy groups -OCH3 is 1. The van der Waals surface area contributed by atoms with Gasteiger partial charge in [-0.25, -0.2) is 9.37 Å². The number of ether oxygens (including phenoxy) is 1. The fourth-order valence-electron chi connectivity index (χ4n) is 4.74. The van der Waals surface area contributed by atoms with E-state index < -0.39 is 6.17 Å². The van der Waals surface area contributed by atoms with Crippen LogP contribution in [0.1, 0.15) is 37.4 Å². The second-order valence-corrected chi connectivity index (χ2v) is 9.67. The van der Waals surface area contributed by atoms with Gasteiger partial charge in [-0.3, -0.25) is 4.98 Å². The number of alkyl halides is 1. The Balaban J connectivity index is 1.27. The summed E-state index contributed by atoms with van der Waals surface area (Å²) in [6.45, 7) is 3.01. The van der Waals surface area contributed by atoms with Crippen LogP contribution in [0.3, 0.4) is 0 Å². The van der Waals surface area contributed by atoms with E-state index in [0.29, 0.717) is 28.9 Å². The lowest BCUT2D eigenvalue weighted by molar-refractivity contribution is 0.0640. The highest BCUT2D eigenvalue weighted by atomic mass is 32.2. The number of piperidine rings is 1. The van der Waals surface area contributed by atoms with Crippen molar-refractivity contribution in [2.75, 3.05) is 39.1 Å². The Hall–Kier alpha value is -2.16. The minimum Gasteiger partial charge on any atom is -0.497 e. The number of aliphatic hydroxyl groups is 1. The summed E-state index contributed by atoms with van der Waals surface area (Å²) in [6, 6.07) is 7.35. The van der Waals surface area contributed by atoms with E-state index in [2.05, 4.69) is 14.9 Å². The lowest BCUT2D eigenvalue weighted by Crippen LogP contribution is -2.42. The molecule has 3 aromatic rings. The van der Waals surface area contributed by atoms with Crippen LogP contribution in [-0.4, -0.2) is 59.1 Å². The highest BCUT2D eigenvalue weighted by Gasteiger charge is 2.29. The van der Waals surface area contributed by atoms with E-state index in [-0.39, 0.29) is 12.5 Å². The third-order valence-corrected chi connectivity index (χ3v) is 7.52. The summed E-state index contributed by atoms with van der Waals surface area (Å²) < 4.78 is 25.9. The predicted octanol–water partition coefficient (Wildman–Crippen LogP) is 5.14. The third-order valence-electron chi connectivity index (χ3n) is 6.57. The highest BCUT2D eigenvalue weighted by molar-refractivity contribution is 7.99. The second kappa shape index (κ2) is 11.8. The molecule has 0 amide bonds. The van der Waals surface area contributed by atoms with E-state index >= 15 is 4.39 Å². The van der Waals surface area contributed by atoms with Gasteiger partial charge in [0.25, 0.3) is 5.22 Å². The van der Waals surface area contributed by atoms with Crippen molar-refractivity contribution >= 4 is 22.7 Å². The zero-order valence-corrected chi connectivity index (χ0v) is 19.8. The average molecular weight is 474 g/mol. The minimum absolute atomic E-state index is 0.151. The minimum atomic E-state index is -1.06. The summed E-state index contributed by atoms with van der Waals surface area (Å²) in [4.78, 5) is 10.9. The number of aliphatic hydroxyl groups excluding tert-OH is 1. The first-order valence-corrected chi connectivity index (χ1v) is 12.6. The first-order chi connectivity index (χ1) is 16.2. The number of oxazole rings is 1. The van der Waals surface area contributed by atoms with Crippen LogP contribution in [0, 0.1) is 11.8 Å². The zero-order chi connectivity index (χ0) is 23.0. The fraction of sp³-hybridized carbons (Fsp3) is 0.520. The molecule has 1 aliphatic heterocycles. The molecule has 1 N–H and O–H groups in total. The van der Waals surface area contributed by atoms with Crippen molar-refractivity contribution in [3.63, 3.8) is 0 Å². The monoisotopic (exact) mass is 473 g/mol. The van der Waals surface area contributed by atoms with E-state index in [0.717, 1.165) is 55.6 Å². The maximum Gasteiger partial charge on any atom is 0.255 e. The van der Waals surface area contributed by atoms with Crippen molar-refractivity contribution in [3.05, 3.63) is 48.5 Å². The van der Waals surface area contributed by atoms with Crippen LogP contribution >= 0.6 is 11.8 Å². The number of halogens is 1. The molecular weight excluding hydrogens is 441 g/mol. The molecule has 2 aromatic heterocycles. The van der Waals surface area contributed by atoms with Gasteiger partial charge in [0.15, 0.2) is 0 Å². The predicted molar refractivity (Wildman–Crippen MR) is 128 cm³/mol. The number of pyridine rings is 1. The molecule has 1 aliphatic rings. The van der Waals surface area contributed by atoms with E-state index in [4.69, 9.17) is 9.15 Å². The maximum atomic E-state index is 15.3. The van der Waals surface area contributed by atoms with Gasteiger partial charge in [-0.1, -0.05) is 11.8 Å². The average Bonchev–Trinajstić information content (AvgIpc) is 3.38. The lowest BCUT2D eigenvalue weighted by atomic mass is 9.81. The Kier molecular flexibility index (Phi) is 8.58. The van der Waals surface area contributed by atoms with Crippen LogP contribution in [0.25, 0.3) is 10.9 Å². The van der Waals surface area contributed by atoms with Crippen molar-refractivity contribution < 1.29 is 18.7 Å². The molecule has 0 saturated carbocycles.